The molecule has 0 saturated heterocycles. The van der Waals surface area contributed by atoms with Gasteiger partial charge < -0.3 is 10.2 Å². The molecule has 0 aromatic carbocycles. The van der Waals surface area contributed by atoms with Crippen molar-refractivity contribution in [2.45, 2.75) is 18.1 Å². The molecule has 0 saturated carbocycles. The highest BCUT2D eigenvalue weighted by Gasteiger charge is 2.07. The van der Waals surface area contributed by atoms with Crippen LogP contribution >= 0.6 is 11.8 Å². The molecule has 9 heteroatoms. The number of hydrogen-bond acceptors (Lipinski definition) is 6. The van der Waals surface area contributed by atoms with E-state index in [1.165, 1.54) is 11.8 Å². The van der Waals surface area contributed by atoms with E-state index in [2.05, 4.69) is 25.7 Å². The molecular weight excluding hydrogens is 244 g/mol. The van der Waals surface area contributed by atoms with Crippen molar-refractivity contribution in [2.75, 3.05) is 26.5 Å². The van der Waals surface area contributed by atoms with E-state index in [1.807, 2.05) is 14.1 Å². The lowest BCUT2D eigenvalue weighted by molar-refractivity contribution is 0.170. The van der Waals surface area contributed by atoms with Crippen molar-refractivity contribution in [3.8, 4) is 0 Å². The molecule has 0 atom stereocenters. The van der Waals surface area contributed by atoms with Crippen molar-refractivity contribution < 1.29 is 9.90 Å². The normalized spacial score (nSPS) is 10.8. The van der Waals surface area contributed by atoms with Crippen molar-refractivity contribution in [2.24, 2.45) is 0 Å². The van der Waals surface area contributed by atoms with Crippen molar-refractivity contribution in [1.29, 1.82) is 0 Å². The minimum atomic E-state index is -1.30. The Labute approximate surface area is 103 Å². The number of carbonyl (C=O) groups is 1. The van der Waals surface area contributed by atoms with Crippen molar-refractivity contribution >= 4 is 17.9 Å². The molecule has 1 N–H and O–H groups in total. The molecule has 95 valence electrons. The second kappa shape index (κ2) is 7.07. The number of amides is 1. The molecule has 1 aromatic rings. The fourth-order valence-electron chi connectivity index (χ4n) is 1.14. The lowest BCUT2D eigenvalue weighted by Crippen LogP contribution is -2.19. The van der Waals surface area contributed by atoms with Gasteiger partial charge in [0.05, 0.1) is 5.88 Å². The maximum absolute atomic E-state index is 10.2. The highest BCUT2D eigenvalue weighted by atomic mass is 32.2. The van der Waals surface area contributed by atoms with Crippen LogP contribution in [0.5, 0.6) is 0 Å². The third-order valence-electron chi connectivity index (χ3n) is 1.89. The molecule has 1 radical (unpaired) electrons. The average Bonchev–Trinajstić information content (AvgIpc) is 2.65. The van der Waals surface area contributed by atoms with Crippen LogP contribution in [-0.4, -0.2) is 57.7 Å². The third kappa shape index (κ3) is 5.50. The number of nitrogens with zero attached hydrogens (tertiary/aromatic N) is 5. The Morgan fingerprint density at radius 3 is 2.94 bits per heavy atom. The summed E-state index contributed by atoms with van der Waals surface area (Å²) in [6.45, 7) is 1.65. The van der Waals surface area contributed by atoms with E-state index < -0.39 is 6.09 Å². The van der Waals surface area contributed by atoms with Crippen LogP contribution in [0.4, 0.5) is 4.79 Å². The molecule has 8 nitrogen and oxygen atoms in total. The van der Waals surface area contributed by atoms with E-state index in [9.17, 15) is 9.90 Å². The van der Waals surface area contributed by atoms with E-state index in [1.54, 1.807) is 4.68 Å². The monoisotopic (exact) mass is 259 g/mol. The van der Waals surface area contributed by atoms with Gasteiger partial charge in [-0.3, -0.25) is 0 Å². The Kier molecular flexibility index (Phi) is 5.70. The summed E-state index contributed by atoms with van der Waals surface area (Å²) in [5.74, 6) is 0.177. The molecule has 0 aliphatic carbocycles. The van der Waals surface area contributed by atoms with Gasteiger partial charge in [-0.1, -0.05) is 11.8 Å². The number of rotatable bonds is 7. The van der Waals surface area contributed by atoms with E-state index >= 15 is 0 Å². The SMILES string of the molecule is CN(C)CCCn1nnnc1SCNC([O])=O. The number of nitrogens with one attached hydrogen (secondary N) is 1. The third-order valence-corrected chi connectivity index (χ3v) is 2.73. The van der Waals surface area contributed by atoms with Crippen molar-refractivity contribution in [3.05, 3.63) is 0 Å². The van der Waals surface area contributed by atoms with Gasteiger partial charge in [0.2, 0.25) is 5.16 Å². The van der Waals surface area contributed by atoms with Crippen molar-refractivity contribution in [1.82, 2.24) is 30.4 Å². The van der Waals surface area contributed by atoms with Gasteiger partial charge in [-0.2, -0.15) is 0 Å². The van der Waals surface area contributed by atoms with Crippen LogP contribution in [-0.2, 0) is 11.7 Å². The first kappa shape index (κ1) is 13.7. The highest BCUT2D eigenvalue weighted by molar-refractivity contribution is 7.99. The molecule has 17 heavy (non-hydrogen) atoms. The van der Waals surface area contributed by atoms with E-state index in [4.69, 9.17) is 0 Å². The Morgan fingerprint density at radius 2 is 2.29 bits per heavy atom. The fraction of sp³-hybridized carbons (Fsp3) is 0.750. The molecule has 0 aliphatic heterocycles. The molecule has 0 bridgehead atoms. The zero-order valence-electron chi connectivity index (χ0n) is 9.79. The molecule has 0 unspecified atom stereocenters. The molecule has 1 aromatic heterocycles. The van der Waals surface area contributed by atoms with Crippen molar-refractivity contribution in [3.63, 3.8) is 0 Å². The van der Waals surface area contributed by atoms with Crippen LogP contribution in [0.25, 0.3) is 0 Å². The molecule has 0 spiro atoms. The van der Waals surface area contributed by atoms with Gasteiger partial charge in [-0.25, -0.2) is 14.6 Å². The Hall–Kier alpha value is -1.35. The summed E-state index contributed by atoms with van der Waals surface area (Å²) in [6.07, 6.45) is -0.372. The van der Waals surface area contributed by atoms with Gasteiger partial charge in [0.1, 0.15) is 0 Å². The molecule has 1 heterocycles. The first-order chi connectivity index (χ1) is 8.09. The van der Waals surface area contributed by atoms with Gasteiger partial charge in [-0.05, 0) is 37.5 Å². The van der Waals surface area contributed by atoms with Crippen LogP contribution in [0.15, 0.2) is 5.16 Å². The standard InChI is InChI=1S/C8H15N6O2S/c1-13(2)4-3-5-14-7(10-11-12-14)17-6-9-8(15)16/h9H,3-6H2,1-2H3. The summed E-state index contributed by atoms with van der Waals surface area (Å²) in [6, 6.07) is 0. The van der Waals surface area contributed by atoms with Crippen LogP contribution in [0.2, 0.25) is 0 Å². The highest BCUT2D eigenvalue weighted by Crippen LogP contribution is 2.11. The van der Waals surface area contributed by atoms with Gasteiger partial charge in [0, 0.05) is 6.54 Å². The summed E-state index contributed by atoms with van der Waals surface area (Å²) in [5.41, 5.74) is 0. The summed E-state index contributed by atoms with van der Waals surface area (Å²) in [5, 5.41) is 24.1. The second-order valence-electron chi connectivity index (χ2n) is 3.59. The number of tetrazole rings is 1. The smallest absolute Gasteiger partial charge is 0.309 e. The average molecular weight is 259 g/mol. The number of aromatic nitrogens is 4. The lowest BCUT2D eigenvalue weighted by atomic mass is 10.4. The number of hydrogen-bond donors (Lipinski definition) is 1. The number of carbonyl (C=O) groups excluding carboxylic acids is 1. The fourth-order valence-corrected chi connectivity index (χ4v) is 1.83. The minimum Gasteiger partial charge on any atom is -0.309 e. The Morgan fingerprint density at radius 1 is 1.53 bits per heavy atom. The lowest BCUT2D eigenvalue weighted by Gasteiger charge is -2.09. The predicted molar refractivity (Wildman–Crippen MR) is 60.9 cm³/mol. The largest absolute Gasteiger partial charge is 0.451 e. The summed E-state index contributed by atoms with van der Waals surface area (Å²) in [4.78, 5) is 12.2. The number of thioether (sulfide) groups is 1. The molecule has 1 amide bonds. The Balaban J connectivity index is 2.34. The van der Waals surface area contributed by atoms with Gasteiger partial charge in [0.15, 0.2) is 0 Å². The van der Waals surface area contributed by atoms with E-state index in [0.717, 1.165) is 13.0 Å². The van der Waals surface area contributed by atoms with Crippen LogP contribution in [0.3, 0.4) is 0 Å². The minimum absolute atomic E-state index is 0.177. The van der Waals surface area contributed by atoms with Crippen LogP contribution in [0.1, 0.15) is 6.42 Å². The topological polar surface area (TPSA) is 95.8 Å². The zero-order valence-corrected chi connectivity index (χ0v) is 10.6. The molecule has 0 fully saturated rings. The van der Waals surface area contributed by atoms with E-state index in [-0.39, 0.29) is 5.88 Å². The maximum atomic E-state index is 10.2. The van der Waals surface area contributed by atoms with Gasteiger partial charge >= 0.3 is 6.09 Å². The summed E-state index contributed by atoms with van der Waals surface area (Å²) < 4.78 is 1.66. The zero-order chi connectivity index (χ0) is 12.7. The summed E-state index contributed by atoms with van der Waals surface area (Å²) >= 11 is 1.22. The first-order valence-corrected chi connectivity index (χ1v) is 6.06. The molecule has 0 aliphatic rings. The molecular formula is C8H15N6O2S. The van der Waals surface area contributed by atoms with Gasteiger partial charge in [-0.15, -0.1) is 5.10 Å². The van der Waals surface area contributed by atoms with Gasteiger partial charge in [0.25, 0.3) is 0 Å². The number of aryl methyl sites for hydroxylation is 1. The second-order valence-corrected chi connectivity index (χ2v) is 4.54. The summed E-state index contributed by atoms with van der Waals surface area (Å²) in [7, 11) is 4.00. The first-order valence-electron chi connectivity index (χ1n) is 5.08. The maximum Gasteiger partial charge on any atom is 0.451 e. The van der Waals surface area contributed by atoms with Crippen LogP contribution in [0, 0.1) is 0 Å². The van der Waals surface area contributed by atoms with E-state index in [0.29, 0.717) is 11.7 Å². The van der Waals surface area contributed by atoms with Crippen LogP contribution < -0.4 is 5.32 Å². The quantitative estimate of drug-likeness (QED) is 0.539. The molecule has 1 rings (SSSR count). The Bertz CT molecular complexity index is 356. The predicted octanol–water partition coefficient (Wildman–Crippen LogP) is -0.186.